The quantitative estimate of drug-likeness (QED) is 0.584. The highest BCUT2D eigenvalue weighted by molar-refractivity contribution is 4.53. The van der Waals surface area contributed by atoms with Crippen molar-refractivity contribution in [2.75, 3.05) is 40.1 Å². The summed E-state index contributed by atoms with van der Waals surface area (Å²) in [6.45, 7) is 3.32. The predicted octanol–water partition coefficient (Wildman–Crippen LogP) is 1.19. The summed E-state index contributed by atoms with van der Waals surface area (Å²) in [5.74, 6) is 0. The minimum atomic E-state index is -0.00484. The Kier molecular flexibility index (Phi) is 6.95. The summed E-state index contributed by atoms with van der Waals surface area (Å²) < 4.78 is 21.0. The van der Waals surface area contributed by atoms with Crippen LogP contribution in [-0.4, -0.2) is 46.4 Å². The predicted molar refractivity (Wildman–Crippen MR) is 52.2 cm³/mol. The van der Waals surface area contributed by atoms with E-state index in [9.17, 15) is 0 Å². The van der Waals surface area contributed by atoms with Crippen LogP contribution in [0.5, 0.6) is 0 Å². The molecule has 1 rings (SSSR count). The molecule has 0 radical (unpaired) electrons. The molecule has 0 spiro atoms. The Morgan fingerprint density at radius 2 is 2.00 bits per heavy atom. The van der Waals surface area contributed by atoms with Crippen LogP contribution in [0.4, 0.5) is 0 Å². The Morgan fingerprint density at radius 3 is 2.71 bits per heavy atom. The molecule has 1 saturated heterocycles. The second-order valence-corrected chi connectivity index (χ2v) is 3.27. The zero-order valence-electron chi connectivity index (χ0n) is 8.87. The third kappa shape index (κ3) is 5.54. The van der Waals surface area contributed by atoms with Crippen molar-refractivity contribution < 1.29 is 18.9 Å². The highest BCUT2D eigenvalue weighted by atomic mass is 16.7. The van der Waals surface area contributed by atoms with Gasteiger partial charge in [-0.25, -0.2) is 0 Å². The van der Waals surface area contributed by atoms with Crippen LogP contribution in [0.1, 0.15) is 19.3 Å². The van der Waals surface area contributed by atoms with Crippen LogP contribution in [0.3, 0.4) is 0 Å². The van der Waals surface area contributed by atoms with E-state index in [2.05, 4.69) is 0 Å². The van der Waals surface area contributed by atoms with Gasteiger partial charge < -0.3 is 18.9 Å². The maximum Gasteiger partial charge on any atom is 0.157 e. The van der Waals surface area contributed by atoms with Crippen LogP contribution in [0, 0.1) is 0 Å². The molecule has 84 valence electrons. The standard InChI is InChI=1S/C10H20O4/c1-11-6-7-12-8-9-14-10-4-2-3-5-13-10/h10H,2-9H2,1H3. The van der Waals surface area contributed by atoms with E-state index in [1.165, 1.54) is 6.42 Å². The number of rotatable bonds is 7. The van der Waals surface area contributed by atoms with Crippen LogP contribution in [0.25, 0.3) is 0 Å². The van der Waals surface area contributed by atoms with E-state index < -0.39 is 0 Å². The van der Waals surface area contributed by atoms with Crippen molar-refractivity contribution in [1.82, 2.24) is 0 Å². The van der Waals surface area contributed by atoms with Crippen molar-refractivity contribution >= 4 is 0 Å². The van der Waals surface area contributed by atoms with Crippen molar-refractivity contribution in [1.29, 1.82) is 0 Å². The van der Waals surface area contributed by atoms with Crippen LogP contribution in [0.15, 0.2) is 0 Å². The van der Waals surface area contributed by atoms with Crippen molar-refractivity contribution in [3.63, 3.8) is 0 Å². The Hall–Kier alpha value is -0.160. The minimum Gasteiger partial charge on any atom is -0.382 e. The molecule has 0 aliphatic carbocycles. The first kappa shape index (κ1) is 11.9. The first-order valence-corrected chi connectivity index (χ1v) is 5.23. The summed E-state index contributed by atoms with van der Waals surface area (Å²) in [6.07, 6.45) is 3.37. The second kappa shape index (κ2) is 8.17. The van der Waals surface area contributed by atoms with Gasteiger partial charge in [0.15, 0.2) is 6.29 Å². The molecule has 0 bridgehead atoms. The molecule has 0 N–H and O–H groups in total. The molecule has 4 heteroatoms. The first-order valence-electron chi connectivity index (χ1n) is 5.23. The summed E-state index contributed by atoms with van der Waals surface area (Å²) >= 11 is 0. The molecular formula is C10H20O4. The number of methoxy groups -OCH3 is 1. The molecule has 1 aliphatic heterocycles. The van der Waals surface area contributed by atoms with Gasteiger partial charge in [0.25, 0.3) is 0 Å². The molecule has 1 aliphatic rings. The maximum atomic E-state index is 5.48. The number of hydrogen-bond donors (Lipinski definition) is 0. The fourth-order valence-corrected chi connectivity index (χ4v) is 1.33. The van der Waals surface area contributed by atoms with Crippen molar-refractivity contribution in [2.24, 2.45) is 0 Å². The zero-order chi connectivity index (χ0) is 10.1. The summed E-state index contributed by atoms with van der Waals surface area (Å²) in [5.41, 5.74) is 0. The third-order valence-electron chi connectivity index (χ3n) is 2.10. The summed E-state index contributed by atoms with van der Waals surface area (Å²) in [7, 11) is 1.66. The van der Waals surface area contributed by atoms with Gasteiger partial charge in [-0.15, -0.1) is 0 Å². The van der Waals surface area contributed by atoms with E-state index in [-0.39, 0.29) is 6.29 Å². The van der Waals surface area contributed by atoms with E-state index in [1.807, 2.05) is 0 Å². The zero-order valence-corrected chi connectivity index (χ0v) is 8.87. The molecule has 0 aromatic carbocycles. The lowest BCUT2D eigenvalue weighted by Gasteiger charge is -2.22. The summed E-state index contributed by atoms with van der Waals surface area (Å²) in [5, 5.41) is 0. The summed E-state index contributed by atoms with van der Waals surface area (Å²) in [6, 6.07) is 0. The summed E-state index contributed by atoms with van der Waals surface area (Å²) in [4.78, 5) is 0. The van der Waals surface area contributed by atoms with Gasteiger partial charge in [-0.05, 0) is 19.3 Å². The molecule has 1 unspecified atom stereocenters. The molecule has 1 heterocycles. The third-order valence-corrected chi connectivity index (χ3v) is 2.10. The molecular weight excluding hydrogens is 184 g/mol. The Balaban J connectivity index is 1.82. The monoisotopic (exact) mass is 204 g/mol. The topological polar surface area (TPSA) is 36.9 Å². The van der Waals surface area contributed by atoms with E-state index in [1.54, 1.807) is 7.11 Å². The Labute approximate surface area is 85.5 Å². The molecule has 0 aromatic rings. The van der Waals surface area contributed by atoms with Gasteiger partial charge in [0.2, 0.25) is 0 Å². The largest absolute Gasteiger partial charge is 0.382 e. The molecule has 0 saturated carbocycles. The molecule has 1 atom stereocenters. The molecule has 0 aromatic heterocycles. The van der Waals surface area contributed by atoms with Gasteiger partial charge in [-0.3, -0.25) is 0 Å². The Morgan fingerprint density at radius 1 is 1.14 bits per heavy atom. The van der Waals surface area contributed by atoms with E-state index in [0.717, 1.165) is 19.4 Å². The van der Waals surface area contributed by atoms with Crippen LogP contribution in [0.2, 0.25) is 0 Å². The van der Waals surface area contributed by atoms with Gasteiger partial charge in [-0.1, -0.05) is 0 Å². The highest BCUT2D eigenvalue weighted by Gasteiger charge is 2.13. The van der Waals surface area contributed by atoms with Gasteiger partial charge in [-0.2, -0.15) is 0 Å². The van der Waals surface area contributed by atoms with Crippen LogP contribution < -0.4 is 0 Å². The van der Waals surface area contributed by atoms with Crippen LogP contribution in [-0.2, 0) is 18.9 Å². The minimum absolute atomic E-state index is 0.00484. The number of hydrogen-bond acceptors (Lipinski definition) is 4. The van der Waals surface area contributed by atoms with E-state index in [4.69, 9.17) is 18.9 Å². The van der Waals surface area contributed by atoms with Gasteiger partial charge in [0.05, 0.1) is 26.4 Å². The van der Waals surface area contributed by atoms with Crippen molar-refractivity contribution in [3.8, 4) is 0 Å². The fourth-order valence-electron chi connectivity index (χ4n) is 1.33. The van der Waals surface area contributed by atoms with Gasteiger partial charge in [0.1, 0.15) is 0 Å². The average molecular weight is 204 g/mol. The molecule has 1 fully saturated rings. The number of ether oxygens (including phenoxy) is 4. The lowest BCUT2D eigenvalue weighted by Crippen LogP contribution is -2.24. The highest BCUT2D eigenvalue weighted by Crippen LogP contribution is 2.13. The molecule has 0 amide bonds. The second-order valence-electron chi connectivity index (χ2n) is 3.27. The lowest BCUT2D eigenvalue weighted by atomic mass is 10.2. The SMILES string of the molecule is COCCOCCOC1CCCCO1. The maximum absolute atomic E-state index is 5.48. The van der Waals surface area contributed by atoms with E-state index in [0.29, 0.717) is 26.4 Å². The normalized spacial score (nSPS) is 22.5. The molecule has 4 nitrogen and oxygen atoms in total. The smallest absolute Gasteiger partial charge is 0.157 e. The Bertz CT molecular complexity index is 123. The lowest BCUT2D eigenvalue weighted by molar-refractivity contribution is -0.169. The average Bonchev–Trinajstić information content (AvgIpc) is 2.25. The molecule has 14 heavy (non-hydrogen) atoms. The van der Waals surface area contributed by atoms with E-state index >= 15 is 0 Å². The first-order chi connectivity index (χ1) is 6.93. The van der Waals surface area contributed by atoms with Crippen molar-refractivity contribution in [2.45, 2.75) is 25.6 Å². The van der Waals surface area contributed by atoms with Gasteiger partial charge in [0, 0.05) is 13.7 Å². The van der Waals surface area contributed by atoms with Gasteiger partial charge >= 0.3 is 0 Å². The fraction of sp³-hybridized carbons (Fsp3) is 1.00. The van der Waals surface area contributed by atoms with Crippen molar-refractivity contribution in [3.05, 3.63) is 0 Å². The van der Waals surface area contributed by atoms with Crippen LogP contribution >= 0.6 is 0 Å².